The minimum absolute atomic E-state index is 0.140. The van der Waals surface area contributed by atoms with Crippen molar-refractivity contribution in [2.24, 2.45) is 5.10 Å². The molecule has 0 atom stereocenters. The largest absolute Gasteiger partial charge is 0.493 e. The summed E-state index contributed by atoms with van der Waals surface area (Å²) in [5.74, 6) is 1.65. The third kappa shape index (κ3) is 5.63. The summed E-state index contributed by atoms with van der Waals surface area (Å²) in [6, 6.07) is 13.4. The van der Waals surface area contributed by atoms with Crippen molar-refractivity contribution < 1.29 is 14.2 Å². The van der Waals surface area contributed by atoms with Crippen molar-refractivity contribution >= 4 is 12.2 Å². The topological polar surface area (TPSA) is 111 Å². The quantitative estimate of drug-likeness (QED) is 0.410. The van der Waals surface area contributed by atoms with E-state index in [9.17, 15) is 4.79 Å². The van der Waals surface area contributed by atoms with Gasteiger partial charge in [0.2, 0.25) is 11.7 Å². The number of H-pyrrole nitrogens is 1. The molecule has 0 unspecified atom stereocenters. The van der Waals surface area contributed by atoms with Gasteiger partial charge in [0.05, 0.1) is 20.4 Å². The maximum atomic E-state index is 12.2. The molecule has 0 fully saturated rings. The van der Waals surface area contributed by atoms with Crippen molar-refractivity contribution in [1.82, 2.24) is 15.2 Å². The molecule has 2 N–H and O–H groups in total. The average Bonchev–Trinajstić information content (AvgIpc) is 2.77. The number of rotatable bonds is 8. The molecule has 0 aliphatic rings. The molecule has 0 aliphatic carbocycles. The normalized spacial score (nSPS) is 11.4. The molecule has 0 bridgehead atoms. The van der Waals surface area contributed by atoms with Crippen LogP contribution in [-0.2, 0) is 12.0 Å². The van der Waals surface area contributed by atoms with E-state index in [4.69, 9.17) is 14.2 Å². The summed E-state index contributed by atoms with van der Waals surface area (Å²) in [5, 5.41) is 12.1. The van der Waals surface area contributed by atoms with Gasteiger partial charge in [-0.25, -0.2) is 5.43 Å². The molecule has 168 valence electrons. The highest BCUT2D eigenvalue weighted by Crippen LogP contribution is 2.38. The van der Waals surface area contributed by atoms with E-state index in [1.165, 1.54) is 0 Å². The highest BCUT2D eigenvalue weighted by atomic mass is 16.5. The Hall–Kier alpha value is -3.88. The lowest BCUT2D eigenvalue weighted by molar-refractivity contribution is 0.266. The van der Waals surface area contributed by atoms with E-state index in [1.54, 1.807) is 32.6 Å². The van der Waals surface area contributed by atoms with Gasteiger partial charge in [0.1, 0.15) is 12.3 Å². The number of anilines is 1. The summed E-state index contributed by atoms with van der Waals surface area (Å²) in [6.07, 6.45) is 1.55. The second kappa shape index (κ2) is 9.95. The van der Waals surface area contributed by atoms with Crippen LogP contribution in [0.4, 0.5) is 5.95 Å². The van der Waals surface area contributed by atoms with Gasteiger partial charge in [-0.05, 0) is 17.7 Å². The Labute approximate surface area is 186 Å². The Morgan fingerprint density at radius 3 is 2.28 bits per heavy atom. The van der Waals surface area contributed by atoms with Crippen LogP contribution in [0.1, 0.15) is 37.6 Å². The maximum Gasteiger partial charge on any atom is 0.274 e. The van der Waals surface area contributed by atoms with Gasteiger partial charge in [-0.1, -0.05) is 51.1 Å². The van der Waals surface area contributed by atoms with Crippen LogP contribution < -0.4 is 25.2 Å². The molecular formula is C23H27N5O4. The van der Waals surface area contributed by atoms with Crippen LogP contribution in [-0.4, -0.2) is 35.6 Å². The number of aromatic amines is 1. The zero-order valence-electron chi connectivity index (χ0n) is 18.8. The number of benzene rings is 2. The number of nitrogens with zero attached hydrogens (tertiary/aromatic N) is 3. The second-order valence-electron chi connectivity index (χ2n) is 8.00. The van der Waals surface area contributed by atoms with Gasteiger partial charge < -0.3 is 14.2 Å². The van der Waals surface area contributed by atoms with Crippen molar-refractivity contribution in [2.75, 3.05) is 19.6 Å². The summed E-state index contributed by atoms with van der Waals surface area (Å²) in [6.45, 7) is 6.06. The minimum Gasteiger partial charge on any atom is -0.493 e. The highest BCUT2D eigenvalue weighted by molar-refractivity contribution is 5.82. The molecule has 1 heterocycles. The van der Waals surface area contributed by atoms with Gasteiger partial charge in [-0.3, -0.25) is 9.78 Å². The molecule has 0 aliphatic heterocycles. The van der Waals surface area contributed by atoms with Gasteiger partial charge in [0, 0.05) is 11.0 Å². The van der Waals surface area contributed by atoms with Gasteiger partial charge >= 0.3 is 0 Å². The molecule has 9 nitrogen and oxygen atoms in total. The molecule has 0 saturated heterocycles. The van der Waals surface area contributed by atoms with Crippen LogP contribution in [0.3, 0.4) is 0 Å². The van der Waals surface area contributed by atoms with Gasteiger partial charge in [-0.2, -0.15) is 5.10 Å². The van der Waals surface area contributed by atoms with Crippen LogP contribution in [0.25, 0.3) is 0 Å². The van der Waals surface area contributed by atoms with Crippen molar-refractivity contribution in [3.05, 3.63) is 69.6 Å². The molecule has 3 rings (SSSR count). The lowest BCUT2D eigenvalue weighted by Gasteiger charge is -2.15. The number of ether oxygens (including phenoxy) is 3. The molecule has 32 heavy (non-hydrogen) atoms. The van der Waals surface area contributed by atoms with Crippen molar-refractivity contribution in [3.63, 3.8) is 0 Å². The van der Waals surface area contributed by atoms with Crippen molar-refractivity contribution in [1.29, 1.82) is 0 Å². The summed E-state index contributed by atoms with van der Waals surface area (Å²) >= 11 is 0. The predicted octanol–water partition coefficient (Wildman–Crippen LogP) is 3.50. The fourth-order valence-electron chi connectivity index (χ4n) is 2.89. The second-order valence-corrected chi connectivity index (χ2v) is 8.00. The van der Waals surface area contributed by atoms with E-state index in [-0.39, 0.29) is 11.5 Å². The number of nitrogens with one attached hydrogen (secondary N) is 2. The predicted molar refractivity (Wildman–Crippen MR) is 123 cm³/mol. The lowest BCUT2D eigenvalue weighted by Crippen LogP contribution is -2.28. The van der Waals surface area contributed by atoms with E-state index in [1.807, 2.05) is 51.1 Å². The van der Waals surface area contributed by atoms with Gasteiger partial charge in [-0.15, -0.1) is 10.2 Å². The Balaban J connectivity index is 1.76. The van der Waals surface area contributed by atoms with Crippen LogP contribution in [0, 0.1) is 0 Å². The number of methoxy groups -OCH3 is 2. The fraction of sp³-hybridized carbons (Fsp3) is 0.304. The third-order valence-corrected chi connectivity index (χ3v) is 4.50. The van der Waals surface area contributed by atoms with Crippen LogP contribution >= 0.6 is 0 Å². The zero-order chi connectivity index (χ0) is 23.1. The summed E-state index contributed by atoms with van der Waals surface area (Å²) in [4.78, 5) is 14.8. The van der Waals surface area contributed by atoms with Crippen LogP contribution in [0.5, 0.6) is 17.2 Å². The maximum absolute atomic E-state index is 12.2. The van der Waals surface area contributed by atoms with E-state index in [0.717, 1.165) is 5.56 Å². The Bertz CT molecular complexity index is 1110. The Kier molecular flexibility index (Phi) is 7.09. The zero-order valence-corrected chi connectivity index (χ0v) is 18.8. The molecular weight excluding hydrogens is 410 g/mol. The number of hydrogen-bond acceptors (Lipinski definition) is 8. The molecule has 3 aromatic rings. The summed E-state index contributed by atoms with van der Waals surface area (Å²) < 4.78 is 16.9. The first-order valence-corrected chi connectivity index (χ1v) is 10.0. The fourth-order valence-corrected chi connectivity index (χ4v) is 2.89. The van der Waals surface area contributed by atoms with Gasteiger partial charge in [0.15, 0.2) is 11.5 Å². The van der Waals surface area contributed by atoms with Crippen molar-refractivity contribution in [3.8, 4) is 17.2 Å². The highest BCUT2D eigenvalue weighted by Gasteiger charge is 2.20. The number of aromatic nitrogens is 3. The monoisotopic (exact) mass is 437 g/mol. The summed E-state index contributed by atoms with van der Waals surface area (Å²) in [5.41, 5.74) is 4.04. The first-order chi connectivity index (χ1) is 15.3. The molecule has 0 spiro atoms. The van der Waals surface area contributed by atoms with Gasteiger partial charge in [0.25, 0.3) is 5.56 Å². The number of hydrogen-bond donors (Lipinski definition) is 2. The van der Waals surface area contributed by atoms with E-state index >= 15 is 0 Å². The van der Waals surface area contributed by atoms with Crippen LogP contribution in [0.2, 0.25) is 0 Å². The summed E-state index contributed by atoms with van der Waals surface area (Å²) in [7, 11) is 3.11. The third-order valence-electron chi connectivity index (χ3n) is 4.50. The van der Waals surface area contributed by atoms with E-state index < -0.39 is 5.41 Å². The first kappa shape index (κ1) is 22.8. The molecule has 0 amide bonds. The smallest absolute Gasteiger partial charge is 0.274 e. The molecule has 9 heteroatoms. The van der Waals surface area contributed by atoms with E-state index in [0.29, 0.717) is 35.1 Å². The first-order valence-electron chi connectivity index (χ1n) is 10.0. The standard InChI is InChI=1S/C23H27N5O4/c1-23(2,3)20-21(29)25-22(28-26-20)27-24-13-16-11-17(30-4)19(18(12-16)31-5)32-14-15-9-7-6-8-10-15/h6-13H,14H2,1-5H3,(H2,25,27,28,29)/b24-13+. The Morgan fingerprint density at radius 2 is 1.72 bits per heavy atom. The molecule has 0 radical (unpaired) electrons. The lowest BCUT2D eigenvalue weighted by atomic mass is 9.93. The molecule has 2 aromatic carbocycles. The van der Waals surface area contributed by atoms with Crippen LogP contribution in [0.15, 0.2) is 52.4 Å². The minimum atomic E-state index is -0.403. The molecule has 1 aromatic heterocycles. The SMILES string of the molecule is COc1cc(/C=N/Nc2nnc(C(C)(C)C)c(=O)[nH]2)cc(OC)c1OCc1ccccc1. The van der Waals surface area contributed by atoms with Crippen molar-refractivity contribution in [2.45, 2.75) is 32.8 Å². The average molecular weight is 438 g/mol. The Morgan fingerprint density at radius 1 is 1.06 bits per heavy atom. The van der Waals surface area contributed by atoms with E-state index in [2.05, 4.69) is 25.7 Å². The molecule has 0 saturated carbocycles. The number of hydrazone groups is 1.